The molecule has 1 aliphatic heterocycles. The van der Waals surface area contributed by atoms with E-state index in [1.807, 2.05) is 6.92 Å². The molecule has 1 saturated heterocycles. The summed E-state index contributed by atoms with van der Waals surface area (Å²) >= 11 is 0. The van der Waals surface area contributed by atoms with Gasteiger partial charge in [-0.1, -0.05) is 0 Å². The molecular formula is C15H27ClN2O4. The second-order valence-electron chi connectivity index (χ2n) is 5.77. The summed E-state index contributed by atoms with van der Waals surface area (Å²) < 4.78 is 10.6. The van der Waals surface area contributed by atoms with Crippen LogP contribution in [0.2, 0.25) is 0 Å². The standard InChI is InChI=1S/C15H26N2O4.ClH/c1-2-20-15(19)11-3-5-12(6-4-11)17-14(18)9-13-10-16-7-8-21-13;/h11-13,16H,2-10H2,1H3,(H,17,18);1H. The Balaban J connectivity index is 0.00000242. The summed E-state index contributed by atoms with van der Waals surface area (Å²) in [6, 6.07) is 0.180. The Morgan fingerprint density at radius 3 is 2.59 bits per heavy atom. The van der Waals surface area contributed by atoms with Crippen molar-refractivity contribution in [3.8, 4) is 0 Å². The minimum Gasteiger partial charge on any atom is -0.466 e. The lowest BCUT2D eigenvalue weighted by atomic mass is 9.86. The van der Waals surface area contributed by atoms with E-state index in [4.69, 9.17) is 9.47 Å². The van der Waals surface area contributed by atoms with Crippen LogP contribution in [0.15, 0.2) is 0 Å². The molecule has 1 heterocycles. The molecule has 6 nitrogen and oxygen atoms in total. The first-order valence-corrected chi connectivity index (χ1v) is 7.97. The minimum atomic E-state index is -0.0936. The Kier molecular flexibility index (Phi) is 8.75. The number of rotatable bonds is 5. The summed E-state index contributed by atoms with van der Waals surface area (Å²) in [4.78, 5) is 23.6. The van der Waals surface area contributed by atoms with Crippen LogP contribution in [0, 0.1) is 5.92 Å². The highest BCUT2D eigenvalue weighted by Gasteiger charge is 2.28. The molecule has 0 bridgehead atoms. The van der Waals surface area contributed by atoms with Crippen molar-refractivity contribution in [1.29, 1.82) is 0 Å². The molecule has 0 aromatic rings. The predicted molar refractivity (Wildman–Crippen MR) is 85.0 cm³/mol. The molecule has 0 aromatic carbocycles. The van der Waals surface area contributed by atoms with E-state index in [0.29, 0.717) is 19.6 Å². The predicted octanol–water partition coefficient (Wildman–Crippen LogP) is 1.02. The fourth-order valence-corrected chi connectivity index (χ4v) is 2.98. The van der Waals surface area contributed by atoms with E-state index < -0.39 is 0 Å². The number of halogens is 1. The molecule has 2 fully saturated rings. The zero-order valence-electron chi connectivity index (χ0n) is 13.1. The first-order chi connectivity index (χ1) is 10.2. The van der Waals surface area contributed by atoms with Gasteiger partial charge in [0, 0.05) is 19.1 Å². The average Bonchev–Trinajstić information content (AvgIpc) is 2.49. The molecule has 1 unspecified atom stereocenters. The quantitative estimate of drug-likeness (QED) is 0.734. The highest BCUT2D eigenvalue weighted by Crippen LogP contribution is 2.25. The number of esters is 1. The van der Waals surface area contributed by atoms with E-state index in [0.717, 1.165) is 38.8 Å². The van der Waals surface area contributed by atoms with Crippen LogP contribution in [0.3, 0.4) is 0 Å². The summed E-state index contributed by atoms with van der Waals surface area (Å²) in [5, 5.41) is 6.28. The molecule has 2 aliphatic rings. The van der Waals surface area contributed by atoms with Crippen LogP contribution in [-0.2, 0) is 19.1 Å². The van der Waals surface area contributed by atoms with Gasteiger partial charge in [0.1, 0.15) is 0 Å². The lowest BCUT2D eigenvalue weighted by molar-refractivity contribution is -0.149. The van der Waals surface area contributed by atoms with Gasteiger partial charge in [-0.2, -0.15) is 0 Å². The number of carbonyl (C=O) groups excluding carboxylic acids is 2. The maximum Gasteiger partial charge on any atom is 0.308 e. The highest BCUT2D eigenvalue weighted by atomic mass is 35.5. The zero-order valence-corrected chi connectivity index (χ0v) is 14.0. The van der Waals surface area contributed by atoms with Gasteiger partial charge in [0.2, 0.25) is 5.91 Å². The third kappa shape index (κ3) is 6.10. The monoisotopic (exact) mass is 334 g/mol. The van der Waals surface area contributed by atoms with Crippen LogP contribution in [0.5, 0.6) is 0 Å². The highest BCUT2D eigenvalue weighted by molar-refractivity contribution is 5.85. The molecule has 0 radical (unpaired) electrons. The zero-order chi connectivity index (χ0) is 15.1. The summed E-state index contributed by atoms with van der Waals surface area (Å²) in [5.74, 6) is -0.0452. The van der Waals surface area contributed by atoms with Gasteiger partial charge in [0.25, 0.3) is 0 Å². The van der Waals surface area contributed by atoms with Gasteiger partial charge >= 0.3 is 5.97 Å². The maximum atomic E-state index is 12.0. The number of morpholine rings is 1. The number of hydrogen-bond donors (Lipinski definition) is 2. The molecule has 1 saturated carbocycles. The lowest BCUT2D eigenvalue weighted by Crippen LogP contribution is -2.44. The van der Waals surface area contributed by atoms with Gasteiger partial charge in [-0.3, -0.25) is 9.59 Å². The Morgan fingerprint density at radius 2 is 2.00 bits per heavy atom. The SMILES string of the molecule is CCOC(=O)C1CCC(NC(=O)CC2CNCCO2)CC1.Cl. The van der Waals surface area contributed by atoms with E-state index in [9.17, 15) is 9.59 Å². The summed E-state index contributed by atoms with van der Waals surface area (Å²) in [6.07, 6.45) is 3.67. The molecule has 1 amide bonds. The van der Waals surface area contributed by atoms with Crippen LogP contribution >= 0.6 is 12.4 Å². The van der Waals surface area contributed by atoms with Gasteiger partial charge in [0.05, 0.1) is 31.7 Å². The van der Waals surface area contributed by atoms with Gasteiger partial charge < -0.3 is 20.1 Å². The number of ether oxygens (including phenoxy) is 2. The third-order valence-electron chi connectivity index (χ3n) is 4.13. The van der Waals surface area contributed by atoms with Crippen molar-refractivity contribution in [3.05, 3.63) is 0 Å². The molecule has 128 valence electrons. The van der Waals surface area contributed by atoms with E-state index in [-0.39, 0.29) is 42.3 Å². The Bertz CT molecular complexity index is 353. The van der Waals surface area contributed by atoms with Crippen LogP contribution in [0.25, 0.3) is 0 Å². The second-order valence-corrected chi connectivity index (χ2v) is 5.77. The van der Waals surface area contributed by atoms with Crippen molar-refractivity contribution >= 4 is 24.3 Å². The third-order valence-corrected chi connectivity index (χ3v) is 4.13. The van der Waals surface area contributed by atoms with E-state index in [1.165, 1.54) is 0 Å². The Labute approximate surface area is 138 Å². The van der Waals surface area contributed by atoms with Crippen molar-refractivity contribution in [1.82, 2.24) is 10.6 Å². The van der Waals surface area contributed by atoms with Crippen molar-refractivity contribution in [2.24, 2.45) is 5.92 Å². The first kappa shape index (κ1) is 19.2. The summed E-state index contributed by atoms with van der Waals surface area (Å²) in [5.41, 5.74) is 0. The molecule has 1 aliphatic carbocycles. The van der Waals surface area contributed by atoms with Crippen LogP contribution in [0.4, 0.5) is 0 Å². The topological polar surface area (TPSA) is 76.7 Å². The fourth-order valence-electron chi connectivity index (χ4n) is 2.98. The number of nitrogens with one attached hydrogen (secondary N) is 2. The number of carbonyl (C=O) groups is 2. The second kappa shape index (κ2) is 10.0. The number of amides is 1. The molecule has 0 spiro atoms. The average molecular weight is 335 g/mol. The maximum absolute atomic E-state index is 12.0. The molecule has 7 heteroatoms. The fraction of sp³-hybridized carbons (Fsp3) is 0.867. The van der Waals surface area contributed by atoms with Gasteiger partial charge in [-0.15, -0.1) is 12.4 Å². The largest absolute Gasteiger partial charge is 0.466 e. The van der Waals surface area contributed by atoms with Crippen molar-refractivity contribution in [3.63, 3.8) is 0 Å². The van der Waals surface area contributed by atoms with Gasteiger partial charge in [-0.05, 0) is 32.6 Å². The normalized spacial score (nSPS) is 28.3. The van der Waals surface area contributed by atoms with Crippen molar-refractivity contribution < 1.29 is 19.1 Å². The summed E-state index contributed by atoms with van der Waals surface area (Å²) in [7, 11) is 0. The Hall–Kier alpha value is -0.850. The summed E-state index contributed by atoms with van der Waals surface area (Å²) in [6.45, 7) is 4.53. The smallest absolute Gasteiger partial charge is 0.308 e. The molecular weight excluding hydrogens is 308 g/mol. The molecule has 2 N–H and O–H groups in total. The van der Waals surface area contributed by atoms with E-state index >= 15 is 0 Å². The molecule has 0 aromatic heterocycles. The molecule has 1 atom stereocenters. The lowest BCUT2D eigenvalue weighted by Gasteiger charge is -2.29. The van der Waals surface area contributed by atoms with Crippen LogP contribution < -0.4 is 10.6 Å². The van der Waals surface area contributed by atoms with Crippen LogP contribution in [0.1, 0.15) is 39.0 Å². The van der Waals surface area contributed by atoms with Gasteiger partial charge in [0.15, 0.2) is 0 Å². The van der Waals surface area contributed by atoms with Crippen molar-refractivity contribution in [2.45, 2.75) is 51.2 Å². The minimum absolute atomic E-state index is 0. The van der Waals surface area contributed by atoms with Crippen LogP contribution in [-0.4, -0.2) is 50.3 Å². The first-order valence-electron chi connectivity index (χ1n) is 7.97. The van der Waals surface area contributed by atoms with Crippen molar-refractivity contribution in [2.75, 3.05) is 26.3 Å². The molecule has 22 heavy (non-hydrogen) atoms. The molecule has 2 rings (SSSR count). The number of hydrogen-bond acceptors (Lipinski definition) is 5. The van der Waals surface area contributed by atoms with E-state index in [2.05, 4.69) is 10.6 Å². The van der Waals surface area contributed by atoms with E-state index in [1.54, 1.807) is 0 Å². The van der Waals surface area contributed by atoms with Gasteiger partial charge in [-0.25, -0.2) is 0 Å². The Morgan fingerprint density at radius 1 is 1.27 bits per heavy atom.